The van der Waals surface area contributed by atoms with E-state index in [9.17, 15) is 13.2 Å². The van der Waals surface area contributed by atoms with E-state index in [1.165, 1.54) is 0 Å². The lowest BCUT2D eigenvalue weighted by Gasteiger charge is -2.34. The van der Waals surface area contributed by atoms with E-state index in [-0.39, 0.29) is 30.0 Å². The van der Waals surface area contributed by atoms with Gasteiger partial charge in [-0.1, -0.05) is 19.8 Å². The average molecular weight is 262 g/mol. The quantitative estimate of drug-likeness (QED) is 0.782. The van der Waals surface area contributed by atoms with Crippen molar-refractivity contribution in [1.82, 2.24) is 4.90 Å². The Kier molecular flexibility index (Phi) is 4.94. The summed E-state index contributed by atoms with van der Waals surface area (Å²) in [6.07, 6.45) is 2.60. The van der Waals surface area contributed by atoms with Gasteiger partial charge in [-0.15, -0.1) is 0 Å². The molecule has 17 heavy (non-hydrogen) atoms. The summed E-state index contributed by atoms with van der Waals surface area (Å²) in [5.41, 5.74) is 5.82. The summed E-state index contributed by atoms with van der Waals surface area (Å²) in [7, 11) is -2.98. The Morgan fingerprint density at radius 1 is 1.53 bits per heavy atom. The van der Waals surface area contributed by atoms with E-state index >= 15 is 0 Å². The van der Waals surface area contributed by atoms with Crippen LogP contribution in [0.3, 0.4) is 0 Å². The molecule has 1 aliphatic heterocycles. The summed E-state index contributed by atoms with van der Waals surface area (Å²) in [5, 5.41) is 0. The molecule has 0 aromatic carbocycles. The summed E-state index contributed by atoms with van der Waals surface area (Å²) in [6.45, 7) is 4.09. The summed E-state index contributed by atoms with van der Waals surface area (Å²) >= 11 is 0. The van der Waals surface area contributed by atoms with Gasteiger partial charge in [0.25, 0.3) is 0 Å². The number of carbonyl (C=O) groups excluding carboxylic acids is 1. The second-order valence-electron chi connectivity index (χ2n) is 4.74. The van der Waals surface area contributed by atoms with E-state index in [0.717, 1.165) is 12.8 Å². The minimum atomic E-state index is -2.98. The molecule has 1 unspecified atom stereocenters. The molecule has 1 saturated heterocycles. The zero-order valence-electron chi connectivity index (χ0n) is 10.6. The van der Waals surface area contributed by atoms with Crippen LogP contribution in [0.4, 0.5) is 0 Å². The number of hydrogen-bond acceptors (Lipinski definition) is 4. The highest BCUT2D eigenvalue weighted by molar-refractivity contribution is 7.91. The topological polar surface area (TPSA) is 80.5 Å². The van der Waals surface area contributed by atoms with Crippen LogP contribution in [0.2, 0.25) is 0 Å². The second kappa shape index (κ2) is 5.82. The van der Waals surface area contributed by atoms with Crippen molar-refractivity contribution < 1.29 is 13.2 Å². The van der Waals surface area contributed by atoms with E-state index in [1.807, 2.05) is 6.92 Å². The summed E-state index contributed by atoms with van der Waals surface area (Å²) < 4.78 is 22.8. The second-order valence-corrected chi connectivity index (χ2v) is 6.97. The van der Waals surface area contributed by atoms with Crippen molar-refractivity contribution in [3.05, 3.63) is 0 Å². The van der Waals surface area contributed by atoms with Gasteiger partial charge >= 0.3 is 0 Å². The molecule has 0 radical (unpaired) electrons. The Balaban J connectivity index is 2.58. The monoisotopic (exact) mass is 262 g/mol. The lowest BCUT2D eigenvalue weighted by molar-refractivity contribution is -0.134. The average Bonchev–Trinajstić information content (AvgIpc) is 2.23. The molecule has 1 amide bonds. The van der Waals surface area contributed by atoms with Gasteiger partial charge in [-0.05, 0) is 13.3 Å². The van der Waals surface area contributed by atoms with Gasteiger partial charge in [0.15, 0.2) is 9.84 Å². The predicted molar refractivity (Wildman–Crippen MR) is 67.3 cm³/mol. The number of unbranched alkanes of at least 4 members (excludes halogenated alkanes) is 1. The number of nitrogens with two attached hydrogens (primary N) is 1. The first-order chi connectivity index (χ1) is 7.87. The maximum Gasteiger partial charge on any atom is 0.239 e. The van der Waals surface area contributed by atoms with Crippen molar-refractivity contribution in [3.63, 3.8) is 0 Å². The van der Waals surface area contributed by atoms with E-state index in [2.05, 4.69) is 0 Å². The molecule has 1 aliphatic rings. The highest BCUT2D eigenvalue weighted by Crippen LogP contribution is 2.13. The lowest BCUT2D eigenvalue weighted by atomic mass is 10.1. The summed E-state index contributed by atoms with van der Waals surface area (Å²) in [4.78, 5) is 13.6. The summed E-state index contributed by atoms with van der Waals surface area (Å²) in [5.74, 6) is 0.00358. The van der Waals surface area contributed by atoms with E-state index in [1.54, 1.807) is 11.8 Å². The number of amides is 1. The van der Waals surface area contributed by atoms with Crippen LogP contribution in [0.1, 0.15) is 33.1 Å². The zero-order chi connectivity index (χ0) is 13.1. The SMILES string of the molecule is CCCC[C@H](N)C(=O)N1CCS(=O)(=O)CC1C. The molecular weight excluding hydrogens is 240 g/mol. The molecule has 100 valence electrons. The lowest BCUT2D eigenvalue weighted by Crippen LogP contribution is -2.54. The third kappa shape index (κ3) is 3.96. The molecule has 1 rings (SSSR count). The van der Waals surface area contributed by atoms with Crippen molar-refractivity contribution in [2.45, 2.75) is 45.2 Å². The predicted octanol–water partition coefficient (Wildman–Crippen LogP) is 0.149. The van der Waals surface area contributed by atoms with Crippen LogP contribution in [0.25, 0.3) is 0 Å². The minimum Gasteiger partial charge on any atom is -0.337 e. The molecule has 1 heterocycles. The van der Waals surface area contributed by atoms with Crippen LogP contribution in [0.15, 0.2) is 0 Å². The van der Waals surface area contributed by atoms with Crippen LogP contribution in [-0.2, 0) is 14.6 Å². The molecule has 0 aromatic rings. The zero-order valence-corrected chi connectivity index (χ0v) is 11.4. The van der Waals surface area contributed by atoms with Gasteiger partial charge in [0, 0.05) is 12.6 Å². The van der Waals surface area contributed by atoms with Gasteiger partial charge in [-0.3, -0.25) is 4.79 Å². The normalized spacial score (nSPS) is 25.6. The Bertz CT molecular complexity index is 367. The molecule has 6 heteroatoms. The Labute approximate surface area is 103 Å². The van der Waals surface area contributed by atoms with Crippen LogP contribution in [-0.4, -0.2) is 49.4 Å². The van der Waals surface area contributed by atoms with Gasteiger partial charge < -0.3 is 10.6 Å². The molecule has 2 atom stereocenters. The number of carbonyl (C=O) groups is 1. The van der Waals surface area contributed by atoms with Crippen LogP contribution < -0.4 is 5.73 Å². The number of rotatable bonds is 4. The van der Waals surface area contributed by atoms with E-state index in [0.29, 0.717) is 6.42 Å². The largest absolute Gasteiger partial charge is 0.337 e. The molecule has 1 fully saturated rings. The van der Waals surface area contributed by atoms with Crippen LogP contribution in [0, 0.1) is 0 Å². The molecular formula is C11H22N2O3S. The van der Waals surface area contributed by atoms with Gasteiger partial charge in [0.2, 0.25) is 5.91 Å². The first-order valence-corrected chi connectivity index (χ1v) is 7.96. The first-order valence-electron chi connectivity index (χ1n) is 6.14. The van der Waals surface area contributed by atoms with Crippen molar-refractivity contribution in [1.29, 1.82) is 0 Å². The smallest absolute Gasteiger partial charge is 0.239 e. The molecule has 5 nitrogen and oxygen atoms in total. The molecule has 0 saturated carbocycles. The van der Waals surface area contributed by atoms with Gasteiger partial charge in [-0.25, -0.2) is 8.42 Å². The third-order valence-corrected chi connectivity index (χ3v) is 4.93. The third-order valence-electron chi connectivity index (χ3n) is 3.14. The van der Waals surface area contributed by atoms with Crippen molar-refractivity contribution in [2.24, 2.45) is 5.73 Å². The fraction of sp³-hybridized carbons (Fsp3) is 0.909. The standard InChI is InChI=1S/C11H22N2O3S/c1-3-4-5-10(12)11(14)13-6-7-17(15,16)8-9(13)2/h9-10H,3-8,12H2,1-2H3/t9?,10-/m0/s1. The highest BCUT2D eigenvalue weighted by Gasteiger charge is 2.32. The van der Waals surface area contributed by atoms with Gasteiger partial charge in [-0.2, -0.15) is 0 Å². The molecule has 0 aliphatic carbocycles. The van der Waals surface area contributed by atoms with Crippen LogP contribution >= 0.6 is 0 Å². The molecule has 0 bridgehead atoms. The van der Waals surface area contributed by atoms with Gasteiger partial charge in [0.05, 0.1) is 17.5 Å². The maximum absolute atomic E-state index is 12.0. The van der Waals surface area contributed by atoms with E-state index < -0.39 is 15.9 Å². The van der Waals surface area contributed by atoms with Crippen molar-refractivity contribution in [3.8, 4) is 0 Å². The Hall–Kier alpha value is -0.620. The highest BCUT2D eigenvalue weighted by atomic mass is 32.2. The number of nitrogens with zero attached hydrogens (tertiary/aromatic N) is 1. The first kappa shape index (κ1) is 14.4. The minimum absolute atomic E-state index is 0.0548. The van der Waals surface area contributed by atoms with Gasteiger partial charge in [0.1, 0.15) is 0 Å². The summed E-state index contributed by atoms with van der Waals surface area (Å²) in [6, 6.07) is -0.743. The number of sulfone groups is 1. The molecule has 2 N–H and O–H groups in total. The fourth-order valence-corrected chi connectivity index (χ4v) is 3.64. The van der Waals surface area contributed by atoms with Crippen molar-refractivity contribution in [2.75, 3.05) is 18.1 Å². The van der Waals surface area contributed by atoms with Crippen molar-refractivity contribution >= 4 is 15.7 Å². The van der Waals surface area contributed by atoms with Crippen LogP contribution in [0.5, 0.6) is 0 Å². The molecule has 0 aromatic heterocycles. The Morgan fingerprint density at radius 2 is 2.18 bits per heavy atom. The maximum atomic E-state index is 12.0. The fourth-order valence-electron chi connectivity index (χ4n) is 2.09. The Morgan fingerprint density at radius 3 is 2.71 bits per heavy atom. The van der Waals surface area contributed by atoms with E-state index in [4.69, 9.17) is 5.73 Å². The number of hydrogen-bond donors (Lipinski definition) is 1. The molecule has 0 spiro atoms.